The number of thiophene rings is 1. The van der Waals surface area contributed by atoms with Gasteiger partial charge >= 0.3 is 0 Å². The first-order valence-corrected chi connectivity index (χ1v) is 8.96. The highest BCUT2D eigenvalue weighted by Gasteiger charge is 2.52. The molecule has 1 aromatic heterocycles. The Balaban J connectivity index is 1.62. The fraction of sp³-hybridized carbons (Fsp3) is 0.750. The van der Waals surface area contributed by atoms with Gasteiger partial charge in [0.25, 0.3) is 0 Å². The van der Waals surface area contributed by atoms with E-state index in [4.69, 9.17) is 5.73 Å². The summed E-state index contributed by atoms with van der Waals surface area (Å²) in [7, 11) is 0. The van der Waals surface area contributed by atoms with Crippen molar-refractivity contribution < 1.29 is 0 Å². The molecule has 0 radical (unpaired) electrons. The van der Waals surface area contributed by atoms with E-state index in [0.717, 1.165) is 25.0 Å². The molecule has 1 aromatic rings. The van der Waals surface area contributed by atoms with E-state index in [1.165, 1.54) is 50.9 Å². The summed E-state index contributed by atoms with van der Waals surface area (Å²) >= 11 is 1.82. The third-order valence-corrected chi connectivity index (χ3v) is 6.47. The van der Waals surface area contributed by atoms with Gasteiger partial charge in [-0.05, 0) is 67.1 Å². The molecule has 2 N–H and O–H groups in total. The van der Waals surface area contributed by atoms with Crippen molar-refractivity contribution in [3.8, 4) is 0 Å². The van der Waals surface area contributed by atoms with Gasteiger partial charge in [0.2, 0.25) is 0 Å². The summed E-state index contributed by atoms with van der Waals surface area (Å²) in [5, 5.41) is 4.51. The molecule has 4 rings (SSSR count). The number of hydrogen-bond acceptors (Lipinski definition) is 4. The Morgan fingerprint density at radius 3 is 2.95 bits per heavy atom. The second-order valence-corrected chi connectivity index (χ2v) is 7.61. The third-order valence-electron chi connectivity index (χ3n) is 5.74. The predicted octanol–water partition coefficient (Wildman–Crippen LogP) is 2.14. The Bertz CT molecular complexity index is 456. The summed E-state index contributed by atoms with van der Waals surface area (Å²) in [6.07, 6.45) is 5.38. The van der Waals surface area contributed by atoms with Crippen molar-refractivity contribution in [2.45, 2.75) is 43.8 Å². The molecule has 2 saturated heterocycles. The van der Waals surface area contributed by atoms with Crippen molar-refractivity contribution >= 4 is 11.3 Å². The van der Waals surface area contributed by atoms with Crippen molar-refractivity contribution in [3.63, 3.8) is 0 Å². The van der Waals surface area contributed by atoms with E-state index in [2.05, 4.69) is 26.6 Å². The lowest BCUT2D eigenvalue weighted by Crippen LogP contribution is -2.62. The van der Waals surface area contributed by atoms with Crippen LogP contribution in [0.1, 0.15) is 31.2 Å². The molecule has 0 aromatic carbocycles. The second-order valence-electron chi connectivity index (χ2n) is 6.83. The average Bonchev–Trinajstić information content (AvgIpc) is 3.03. The van der Waals surface area contributed by atoms with Crippen LogP contribution >= 0.6 is 11.3 Å². The van der Waals surface area contributed by atoms with Crippen LogP contribution < -0.4 is 5.73 Å². The van der Waals surface area contributed by atoms with Gasteiger partial charge in [-0.15, -0.1) is 0 Å². The van der Waals surface area contributed by atoms with E-state index in [1.807, 2.05) is 11.3 Å². The molecule has 0 amide bonds. The maximum absolute atomic E-state index is 6.36. The standard InChI is InChI=1S/C16H25N3S/c17-12-16(5-7-18-6-3-14(16)10-18)19(15-1-2-15)9-13-4-8-20-11-13/h4,8,11,14-15H,1-3,5-7,9-10,12,17H2. The minimum absolute atomic E-state index is 0.274. The van der Waals surface area contributed by atoms with Crippen LogP contribution in [0, 0.1) is 5.92 Å². The van der Waals surface area contributed by atoms with Crippen LogP contribution in [0.4, 0.5) is 0 Å². The van der Waals surface area contributed by atoms with Gasteiger partial charge in [0.15, 0.2) is 0 Å². The van der Waals surface area contributed by atoms with Gasteiger partial charge in [-0.3, -0.25) is 4.90 Å². The number of hydrogen-bond donors (Lipinski definition) is 1. The Kier molecular flexibility index (Phi) is 3.38. The van der Waals surface area contributed by atoms with Gasteiger partial charge in [0.05, 0.1) is 0 Å². The fourth-order valence-corrected chi connectivity index (χ4v) is 5.07. The van der Waals surface area contributed by atoms with Gasteiger partial charge in [0, 0.05) is 31.2 Å². The quantitative estimate of drug-likeness (QED) is 0.902. The number of nitrogens with zero attached hydrogens (tertiary/aromatic N) is 2. The van der Waals surface area contributed by atoms with Crippen molar-refractivity contribution in [3.05, 3.63) is 22.4 Å². The van der Waals surface area contributed by atoms with Crippen molar-refractivity contribution in [1.29, 1.82) is 0 Å². The lowest BCUT2D eigenvalue weighted by atomic mass is 9.77. The molecule has 0 spiro atoms. The molecule has 2 aliphatic heterocycles. The largest absolute Gasteiger partial charge is 0.329 e. The van der Waals surface area contributed by atoms with E-state index in [-0.39, 0.29) is 5.54 Å². The van der Waals surface area contributed by atoms with E-state index >= 15 is 0 Å². The van der Waals surface area contributed by atoms with Crippen molar-refractivity contribution in [2.24, 2.45) is 11.7 Å². The normalized spacial score (nSPS) is 36.7. The first kappa shape index (κ1) is 13.3. The minimum Gasteiger partial charge on any atom is -0.329 e. The van der Waals surface area contributed by atoms with Crippen LogP contribution in [0.2, 0.25) is 0 Å². The first-order valence-electron chi connectivity index (χ1n) is 8.02. The van der Waals surface area contributed by atoms with Gasteiger partial charge in [0.1, 0.15) is 0 Å². The average molecular weight is 291 g/mol. The van der Waals surface area contributed by atoms with Crippen LogP contribution in [-0.2, 0) is 6.54 Å². The summed E-state index contributed by atoms with van der Waals surface area (Å²) in [5.41, 5.74) is 8.12. The molecule has 3 fully saturated rings. The summed E-state index contributed by atoms with van der Waals surface area (Å²) in [4.78, 5) is 5.44. The smallest absolute Gasteiger partial charge is 0.0391 e. The van der Waals surface area contributed by atoms with E-state index in [1.54, 1.807) is 0 Å². The van der Waals surface area contributed by atoms with Crippen LogP contribution in [0.25, 0.3) is 0 Å². The number of piperidine rings is 1. The van der Waals surface area contributed by atoms with E-state index in [9.17, 15) is 0 Å². The molecule has 3 atom stereocenters. The SMILES string of the molecule is NCC1(N(Cc2ccsc2)C2CC2)CCN2CCC1C2. The molecule has 4 heteroatoms. The van der Waals surface area contributed by atoms with Gasteiger partial charge in [-0.2, -0.15) is 11.3 Å². The van der Waals surface area contributed by atoms with Crippen molar-refractivity contribution in [2.75, 3.05) is 26.2 Å². The summed E-state index contributed by atoms with van der Waals surface area (Å²) in [5.74, 6) is 0.792. The van der Waals surface area contributed by atoms with Crippen LogP contribution in [0.5, 0.6) is 0 Å². The van der Waals surface area contributed by atoms with E-state index < -0.39 is 0 Å². The molecular weight excluding hydrogens is 266 g/mol. The molecule has 2 bridgehead atoms. The Hall–Kier alpha value is -0.420. The third kappa shape index (κ3) is 2.13. The number of nitrogens with two attached hydrogens (primary N) is 1. The van der Waals surface area contributed by atoms with Crippen LogP contribution in [0.3, 0.4) is 0 Å². The molecule has 3 unspecified atom stereocenters. The first-order chi connectivity index (χ1) is 9.82. The lowest BCUT2D eigenvalue weighted by molar-refractivity contribution is -0.00482. The Morgan fingerprint density at radius 2 is 2.25 bits per heavy atom. The summed E-state index contributed by atoms with van der Waals surface area (Å²) in [6, 6.07) is 3.08. The number of rotatable bonds is 5. The zero-order valence-corrected chi connectivity index (χ0v) is 12.9. The highest BCUT2D eigenvalue weighted by molar-refractivity contribution is 7.07. The minimum atomic E-state index is 0.274. The van der Waals surface area contributed by atoms with Gasteiger partial charge in [-0.1, -0.05) is 0 Å². The van der Waals surface area contributed by atoms with Gasteiger partial charge in [-0.25, -0.2) is 0 Å². The topological polar surface area (TPSA) is 32.5 Å². The maximum atomic E-state index is 6.36. The highest BCUT2D eigenvalue weighted by Crippen LogP contribution is 2.45. The zero-order valence-electron chi connectivity index (χ0n) is 12.1. The number of fused-ring (bicyclic) bond motifs is 2. The molecule has 3 aliphatic rings. The molecule has 110 valence electrons. The second kappa shape index (κ2) is 5.09. The van der Waals surface area contributed by atoms with Crippen molar-refractivity contribution in [1.82, 2.24) is 9.80 Å². The fourth-order valence-electron chi connectivity index (χ4n) is 4.41. The van der Waals surface area contributed by atoms with Gasteiger partial charge < -0.3 is 10.6 Å². The molecular formula is C16H25N3S. The molecule has 1 aliphatic carbocycles. The van der Waals surface area contributed by atoms with Crippen LogP contribution in [-0.4, -0.2) is 47.6 Å². The molecule has 20 heavy (non-hydrogen) atoms. The maximum Gasteiger partial charge on any atom is 0.0391 e. The molecule has 3 nitrogen and oxygen atoms in total. The zero-order chi connectivity index (χ0) is 13.6. The highest BCUT2D eigenvalue weighted by atomic mass is 32.1. The Morgan fingerprint density at radius 1 is 1.35 bits per heavy atom. The summed E-state index contributed by atoms with van der Waals surface area (Å²) in [6.45, 7) is 5.78. The molecule has 1 saturated carbocycles. The van der Waals surface area contributed by atoms with Crippen LogP contribution in [0.15, 0.2) is 16.8 Å². The summed E-state index contributed by atoms with van der Waals surface area (Å²) < 4.78 is 0. The Labute approximate surface area is 125 Å². The molecule has 3 heterocycles. The monoisotopic (exact) mass is 291 g/mol. The predicted molar refractivity (Wildman–Crippen MR) is 83.8 cm³/mol. The lowest BCUT2D eigenvalue weighted by Gasteiger charge is -2.50. The van der Waals surface area contributed by atoms with E-state index in [0.29, 0.717) is 0 Å².